The van der Waals surface area contributed by atoms with Crippen LogP contribution in [0.5, 0.6) is 0 Å². The zero-order valence-corrected chi connectivity index (χ0v) is 14.6. The average molecular weight is 355 g/mol. The fraction of sp³-hybridized carbons (Fsp3) is 0.333. The summed E-state index contributed by atoms with van der Waals surface area (Å²) in [7, 11) is 1.83. The molecule has 2 atom stereocenters. The van der Waals surface area contributed by atoms with Gasteiger partial charge in [0.15, 0.2) is 0 Å². The Morgan fingerprint density at radius 3 is 2.96 bits per heavy atom. The van der Waals surface area contributed by atoms with Gasteiger partial charge in [0.25, 0.3) is 0 Å². The van der Waals surface area contributed by atoms with E-state index >= 15 is 0 Å². The first-order valence-corrected chi connectivity index (χ1v) is 8.34. The molecule has 0 unspecified atom stereocenters. The first-order valence-electron chi connectivity index (χ1n) is 7.59. The van der Waals surface area contributed by atoms with Gasteiger partial charge < -0.3 is 10.6 Å². The molecule has 0 radical (unpaired) electrons. The maximum Gasteiger partial charge on any atom is 0.142 e. The molecule has 2 nitrogen and oxygen atoms in total. The van der Waals surface area contributed by atoms with E-state index in [9.17, 15) is 4.39 Å². The Bertz CT molecular complexity index is 626. The number of hydrogen-bond acceptors (Lipinski definition) is 2. The van der Waals surface area contributed by atoms with Gasteiger partial charge in [0.05, 0.1) is 5.02 Å². The Morgan fingerprint density at radius 1 is 1.48 bits per heavy atom. The van der Waals surface area contributed by atoms with Crippen LogP contribution in [0.1, 0.15) is 17.9 Å². The zero-order chi connectivity index (χ0) is 16.8. The molecule has 1 aromatic carbocycles. The van der Waals surface area contributed by atoms with Gasteiger partial charge in [-0.1, -0.05) is 48.0 Å². The van der Waals surface area contributed by atoms with Crippen molar-refractivity contribution in [1.29, 1.82) is 0 Å². The molecule has 1 saturated heterocycles. The summed E-state index contributed by atoms with van der Waals surface area (Å²) in [5.41, 5.74) is 1.85. The van der Waals surface area contributed by atoms with Crippen LogP contribution in [-0.4, -0.2) is 20.1 Å². The van der Waals surface area contributed by atoms with Crippen LogP contribution in [0.4, 0.5) is 10.1 Å². The molecule has 1 aliphatic rings. The van der Waals surface area contributed by atoms with Gasteiger partial charge >= 0.3 is 0 Å². The number of nitrogens with one attached hydrogen (secondary N) is 2. The third-order valence-corrected chi connectivity index (χ3v) is 4.70. The van der Waals surface area contributed by atoms with E-state index in [-0.39, 0.29) is 16.8 Å². The number of hydrogen-bond donors (Lipinski definition) is 2. The number of halogens is 3. The second kappa shape index (κ2) is 8.53. The fourth-order valence-electron chi connectivity index (χ4n) is 2.91. The first-order chi connectivity index (χ1) is 11.1. The Hall–Kier alpha value is -1.29. The van der Waals surface area contributed by atoms with E-state index in [0.29, 0.717) is 11.0 Å². The summed E-state index contributed by atoms with van der Waals surface area (Å²) >= 11 is 11.8. The first kappa shape index (κ1) is 18.1. The lowest BCUT2D eigenvalue weighted by Gasteiger charge is -2.21. The number of rotatable bonds is 6. The quantitative estimate of drug-likeness (QED) is 0.696. The molecule has 0 saturated carbocycles. The maximum atomic E-state index is 13.9. The molecule has 0 amide bonds. The van der Waals surface area contributed by atoms with E-state index < -0.39 is 0 Å². The summed E-state index contributed by atoms with van der Waals surface area (Å²) in [5, 5.41) is 7.26. The van der Waals surface area contributed by atoms with Crippen molar-refractivity contribution in [1.82, 2.24) is 5.32 Å². The summed E-state index contributed by atoms with van der Waals surface area (Å²) < 4.78 is 13.9. The van der Waals surface area contributed by atoms with Crippen LogP contribution < -0.4 is 10.6 Å². The van der Waals surface area contributed by atoms with Crippen molar-refractivity contribution < 1.29 is 4.39 Å². The van der Waals surface area contributed by atoms with Crippen molar-refractivity contribution in [2.45, 2.75) is 12.3 Å². The van der Waals surface area contributed by atoms with Gasteiger partial charge in [0.1, 0.15) is 5.82 Å². The van der Waals surface area contributed by atoms with Crippen molar-refractivity contribution in [2.24, 2.45) is 5.92 Å². The highest BCUT2D eigenvalue weighted by Crippen LogP contribution is 2.37. The smallest absolute Gasteiger partial charge is 0.142 e. The van der Waals surface area contributed by atoms with Crippen molar-refractivity contribution >= 4 is 28.9 Å². The minimum atomic E-state index is -0.373. The van der Waals surface area contributed by atoms with Crippen molar-refractivity contribution in [3.8, 4) is 0 Å². The Labute approximate surface area is 147 Å². The Morgan fingerprint density at radius 2 is 2.26 bits per heavy atom. The van der Waals surface area contributed by atoms with Crippen LogP contribution in [0.3, 0.4) is 0 Å². The highest BCUT2D eigenvalue weighted by atomic mass is 35.5. The van der Waals surface area contributed by atoms with Crippen LogP contribution in [0.15, 0.2) is 48.0 Å². The molecule has 0 bridgehead atoms. The molecule has 0 spiro atoms. The predicted octanol–water partition coefficient (Wildman–Crippen LogP) is 5.08. The molecule has 124 valence electrons. The van der Waals surface area contributed by atoms with E-state index in [0.717, 1.165) is 30.8 Å². The lowest BCUT2D eigenvalue weighted by Crippen LogP contribution is -2.12. The minimum absolute atomic E-state index is 0.143. The largest absolute Gasteiger partial charge is 0.388 e. The molecular formula is C18H21Cl2FN2. The van der Waals surface area contributed by atoms with Gasteiger partial charge in [-0.15, -0.1) is 0 Å². The second-order valence-electron chi connectivity index (χ2n) is 5.55. The third-order valence-electron chi connectivity index (χ3n) is 4.13. The molecular weight excluding hydrogens is 334 g/mol. The summed E-state index contributed by atoms with van der Waals surface area (Å²) in [6.45, 7) is 5.34. The minimum Gasteiger partial charge on any atom is -0.388 e. The Balaban J connectivity index is 2.16. The summed E-state index contributed by atoms with van der Waals surface area (Å²) in [5.74, 6) is 0.269. The van der Waals surface area contributed by atoms with Crippen molar-refractivity contribution in [3.05, 3.63) is 64.5 Å². The summed E-state index contributed by atoms with van der Waals surface area (Å²) in [4.78, 5) is 0. The second-order valence-corrected chi connectivity index (χ2v) is 6.39. The summed E-state index contributed by atoms with van der Waals surface area (Å²) in [6.07, 6.45) is 8.32. The third kappa shape index (κ3) is 4.60. The zero-order valence-electron chi connectivity index (χ0n) is 13.1. The molecule has 2 N–H and O–H groups in total. The van der Waals surface area contributed by atoms with Gasteiger partial charge in [-0.25, -0.2) is 4.39 Å². The van der Waals surface area contributed by atoms with Gasteiger partial charge in [0, 0.05) is 30.2 Å². The monoisotopic (exact) mass is 354 g/mol. The normalized spacial score (nSPS) is 21.8. The number of anilines is 1. The lowest BCUT2D eigenvalue weighted by atomic mass is 9.85. The number of benzene rings is 1. The molecule has 1 aromatic rings. The van der Waals surface area contributed by atoms with E-state index in [2.05, 4.69) is 23.3 Å². The van der Waals surface area contributed by atoms with Crippen molar-refractivity contribution in [3.63, 3.8) is 0 Å². The number of allylic oxidation sites excluding steroid dienone is 5. The lowest BCUT2D eigenvalue weighted by molar-refractivity contribution is 0.523. The molecule has 2 rings (SSSR count). The molecule has 0 aromatic heterocycles. The van der Waals surface area contributed by atoms with E-state index in [1.165, 1.54) is 0 Å². The standard InChI is InChI=1S/C18H21Cl2FN2/c1-3-13(19)7-5-4-6-12-10-23-11-15(12)14-8-17(21)16(20)9-18(14)22-2/h3-5,7-9,12,15,22-23H,1,6,10-11H2,2H3/b5-4-,13-7+/t12-,15+/m0/s1. The maximum absolute atomic E-state index is 13.9. The Kier molecular flexibility index (Phi) is 6.70. The van der Waals surface area contributed by atoms with Gasteiger partial charge in [-0.3, -0.25) is 0 Å². The topological polar surface area (TPSA) is 24.1 Å². The molecule has 1 fully saturated rings. The van der Waals surface area contributed by atoms with Gasteiger partial charge in [-0.05, 0) is 42.7 Å². The van der Waals surface area contributed by atoms with Crippen LogP contribution >= 0.6 is 23.2 Å². The van der Waals surface area contributed by atoms with Crippen LogP contribution in [0.25, 0.3) is 0 Å². The van der Waals surface area contributed by atoms with E-state index in [1.807, 2.05) is 19.2 Å². The van der Waals surface area contributed by atoms with Gasteiger partial charge in [0.2, 0.25) is 0 Å². The highest BCUT2D eigenvalue weighted by molar-refractivity contribution is 6.31. The average Bonchev–Trinajstić information content (AvgIpc) is 3.01. The van der Waals surface area contributed by atoms with Crippen LogP contribution in [0.2, 0.25) is 5.02 Å². The molecule has 1 aliphatic heterocycles. The van der Waals surface area contributed by atoms with Crippen molar-refractivity contribution in [2.75, 3.05) is 25.5 Å². The molecule has 5 heteroatoms. The highest BCUT2D eigenvalue weighted by Gasteiger charge is 2.29. The molecule has 0 aliphatic carbocycles. The SMILES string of the molecule is C=C/C(Cl)=C\C=C/C[C@H]1CNC[C@H]1c1cc(F)c(Cl)cc1NC. The van der Waals surface area contributed by atoms with E-state index in [1.54, 1.807) is 18.2 Å². The summed E-state index contributed by atoms with van der Waals surface area (Å²) in [6, 6.07) is 3.21. The van der Waals surface area contributed by atoms with Crippen LogP contribution in [-0.2, 0) is 0 Å². The molecule has 23 heavy (non-hydrogen) atoms. The van der Waals surface area contributed by atoms with Gasteiger partial charge in [-0.2, -0.15) is 0 Å². The molecule has 1 heterocycles. The van der Waals surface area contributed by atoms with E-state index in [4.69, 9.17) is 23.2 Å². The predicted molar refractivity (Wildman–Crippen MR) is 97.9 cm³/mol. The van der Waals surface area contributed by atoms with Crippen LogP contribution in [0, 0.1) is 11.7 Å². The fourth-order valence-corrected chi connectivity index (χ4v) is 3.15.